The van der Waals surface area contributed by atoms with Gasteiger partial charge in [0.05, 0.1) is 0 Å². The van der Waals surface area contributed by atoms with E-state index in [1.165, 1.54) is 0 Å². The van der Waals surface area contributed by atoms with Crippen LogP contribution in [0.2, 0.25) is 0 Å². The van der Waals surface area contributed by atoms with Crippen LogP contribution in [0.4, 0.5) is 0 Å². The van der Waals surface area contributed by atoms with Gasteiger partial charge in [0.1, 0.15) is 12.4 Å². The summed E-state index contributed by atoms with van der Waals surface area (Å²) in [4.78, 5) is 0. The van der Waals surface area contributed by atoms with E-state index in [0.29, 0.717) is 6.61 Å². The second kappa shape index (κ2) is 3.58. The Kier molecular flexibility index (Phi) is 2.27. The van der Waals surface area contributed by atoms with Gasteiger partial charge in [0.15, 0.2) is 11.3 Å². The zero-order valence-electron chi connectivity index (χ0n) is 8.12. The summed E-state index contributed by atoms with van der Waals surface area (Å²) in [6.07, 6.45) is 1.72. The van der Waals surface area contributed by atoms with Crippen LogP contribution in [0, 0.1) is 6.92 Å². The SMILES string of the molecule is C=CCOc1cccc2cc(C)oc12. The van der Waals surface area contributed by atoms with Gasteiger partial charge in [-0.1, -0.05) is 24.8 Å². The van der Waals surface area contributed by atoms with Crippen molar-refractivity contribution in [2.45, 2.75) is 6.92 Å². The van der Waals surface area contributed by atoms with Crippen molar-refractivity contribution in [1.82, 2.24) is 0 Å². The van der Waals surface area contributed by atoms with E-state index in [4.69, 9.17) is 9.15 Å². The summed E-state index contributed by atoms with van der Waals surface area (Å²) in [6, 6.07) is 7.85. The molecule has 1 aromatic heterocycles. The second-order valence-corrected chi connectivity index (χ2v) is 3.13. The minimum Gasteiger partial charge on any atom is -0.486 e. The lowest BCUT2D eigenvalue weighted by Crippen LogP contribution is -1.92. The summed E-state index contributed by atoms with van der Waals surface area (Å²) >= 11 is 0. The number of hydrogen-bond acceptors (Lipinski definition) is 2. The maximum Gasteiger partial charge on any atom is 0.176 e. The third-order valence-electron chi connectivity index (χ3n) is 1.99. The van der Waals surface area contributed by atoms with E-state index in [9.17, 15) is 0 Å². The summed E-state index contributed by atoms with van der Waals surface area (Å²) in [5, 5.41) is 1.07. The van der Waals surface area contributed by atoms with Crippen LogP contribution >= 0.6 is 0 Å². The highest BCUT2D eigenvalue weighted by Crippen LogP contribution is 2.28. The molecular formula is C12H12O2. The third-order valence-corrected chi connectivity index (χ3v) is 1.99. The lowest BCUT2D eigenvalue weighted by Gasteiger charge is -2.02. The van der Waals surface area contributed by atoms with Gasteiger partial charge in [0.25, 0.3) is 0 Å². The topological polar surface area (TPSA) is 22.4 Å². The molecule has 0 aliphatic heterocycles. The molecule has 0 spiro atoms. The number of benzene rings is 1. The standard InChI is InChI=1S/C12H12O2/c1-3-7-13-11-6-4-5-10-8-9(2)14-12(10)11/h3-6,8H,1,7H2,2H3. The molecule has 0 bridgehead atoms. The Hall–Kier alpha value is -1.70. The highest BCUT2D eigenvalue weighted by Gasteiger charge is 2.05. The molecule has 0 N–H and O–H groups in total. The Bertz CT molecular complexity index is 454. The molecule has 2 heteroatoms. The summed E-state index contributed by atoms with van der Waals surface area (Å²) in [5.41, 5.74) is 0.812. The van der Waals surface area contributed by atoms with Gasteiger partial charge in [-0.05, 0) is 19.1 Å². The van der Waals surface area contributed by atoms with E-state index in [0.717, 1.165) is 22.5 Å². The van der Waals surface area contributed by atoms with Crippen LogP contribution in [0.25, 0.3) is 11.0 Å². The van der Waals surface area contributed by atoms with E-state index < -0.39 is 0 Å². The van der Waals surface area contributed by atoms with E-state index in [1.54, 1.807) is 6.08 Å². The lowest BCUT2D eigenvalue weighted by molar-refractivity contribution is 0.360. The predicted octanol–water partition coefficient (Wildman–Crippen LogP) is 3.31. The molecule has 0 aliphatic carbocycles. The van der Waals surface area contributed by atoms with Gasteiger partial charge in [-0.25, -0.2) is 0 Å². The van der Waals surface area contributed by atoms with Crippen LogP contribution in [-0.2, 0) is 0 Å². The average Bonchev–Trinajstić information content (AvgIpc) is 2.55. The van der Waals surface area contributed by atoms with Crippen LogP contribution in [0.3, 0.4) is 0 Å². The first-order chi connectivity index (χ1) is 6.81. The van der Waals surface area contributed by atoms with E-state index >= 15 is 0 Å². The van der Waals surface area contributed by atoms with Gasteiger partial charge in [0, 0.05) is 5.39 Å². The minimum atomic E-state index is 0.499. The molecule has 0 amide bonds. The molecule has 2 rings (SSSR count). The molecule has 0 fully saturated rings. The third kappa shape index (κ3) is 1.51. The van der Waals surface area contributed by atoms with Gasteiger partial charge >= 0.3 is 0 Å². The summed E-state index contributed by atoms with van der Waals surface area (Å²) in [5.74, 6) is 1.67. The highest BCUT2D eigenvalue weighted by molar-refractivity contribution is 5.83. The lowest BCUT2D eigenvalue weighted by atomic mass is 10.2. The number of aryl methyl sites for hydroxylation is 1. The number of hydrogen-bond donors (Lipinski definition) is 0. The van der Waals surface area contributed by atoms with Crippen LogP contribution in [0.1, 0.15) is 5.76 Å². The van der Waals surface area contributed by atoms with Crippen molar-refractivity contribution < 1.29 is 9.15 Å². The number of fused-ring (bicyclic) bond motifs is 1. The van der Waals surface area contributed by atoms with Crippen molar-refractivity contribution in [2.75, 3.05) is 6.61 Å². The van der Waals surface area contributed by atoms with Crippen LogP contribution < -0.4 is 4.74 Å². The fourth-order valence-electron chi connectivity index (χ4n) is 1.43. The zero-order chi connectivity index (χ0) is 9.97. The molecule has 1 aromatic carbocycles. The normalized spacial score (nSPS) is 10.4. The summed E-state index contributed by atoms with van der Waals surface area (Å²) in [7, 11) is 0. The number of furan rings is 1. The van der Waals surface area contributed by atoms with Crippen LogP contribution in [-0.4, -0.2) is 6.61 Å². The largest absolute Gasteiger partial charge is 0.486 e. The predicted molar refractivity (Wildman–Crippen MR) is 56.6 cm³/mol. The molecule has 0 aliphatic rings. The van der Waals surface area contributed by atoms with Crippen molar-refractivity contribution in [3.63, 3.8) is 0 Å². The molecule has 0 atom stereocenters. The highest BCUT2D eigenvalue weighted by atomic mass is 16.5. The Morgan fingerprint density at radius 3 is 3.14 bits per heavy atom. The molecule has 0 saturated heterocycles. The van der Waals surface area contributed by atoms with E-state index in [-0.39, 0.29) is 0 Å². The number of rotatable bonds is 3. The van der Waals surface area contributed by atoms with Crippen molar-refractivity contribution in [3.8, 4) is 5.75 Å². The fraction of sp³-hybridized carbons (Fsp3) is 0.167. The quantitative estimate of drug-likeness (QED) is 0.689. The molecule has 72 valence electrons. The van der Waals surface area contributed by atoms with Gasteiger partial charge in [-0.2, -0.15) is 0 Å². The fourth-order valence-corrected chi connectivity index (χ4v) is 1.43. The van der Waals surface area contributed by atoms with Gasteiger partial charge < -0.3 is 9.15 Å². The Morgan fingerprint density at radius 2 is 2.36 bits per heavy atom. The molecule has 2 aromatic rings. The molecular weight excluding hydrogens is 176 g/mol. The first-order valence-corrected chi connectivity index (χ1v) is 4.54. The molecule has 1 heterocycles. The number of para-hydroxylation sites is 1. The average molecular weight is 188 g/mol. The minimum absolute atomic E-state index is 0.499. The monoisotopic (exact) mass is 188 g/mol. The molecule has 2 nitrogen and oxygen atoms in total. The van der Waals surface area contributed by atoms with Crippen molar-refractivity contribution in [2.24, 2.45) is 0 Å². The van der Waals surface area contributed by atoms with Crippen LogP contribution in [0.15, 0.2) is 41.3 Å². The maximum absolute atomic E-state index is 5.54. The van der Waals surface area contributed by atoms with Gasteiger partial charge in [0.2, 0.25) is 0 Å². The zero-order valence-corrected chi connectivity index (χ0v) is 8.12. The Morgan fingerprint density at radius 1 is 1.50 bits per heavy atom. The Labute approximate surface area is 82.8 Å². The van der Waals surface area contributed by atoms with Crippen molar-refractivity contribution in [3.05, 3.63) is 42.7 Å². The first-order valence-electron chi connectivity index (χ1n) is 4.54. The Balaban J connectivity index is 2.47. The molecule has 14 heavy (non-hydrogen) atoms. The van der Waals surface area contributed by atoms with Gasteiger partial charge in [-0.15, -0.1) is 0 Å². The van der Waals surface area contributed by atoms with E-state index in [1.807, 2.05) is 31.2 Å². The van der Waals surface area contributed by atoms with E-state index in [2.05, 4.69) is 6.58 Å². The first kappa shape index (κ1) is 8.88. The number of ether oxygens (including phenoxy) is 1. The summed E-state index contributed by atoms with van der Waals surface area (Å²) in [6.45, 7) is 6.03. The molecule has 0 radical (unpaired) electrons. The van der Waals surface area contributed by atoms with Crippen LogP contribution in [0.5, 0.6) is 5.75 Å². The molecule has 0 saturated carbocycles. The van der Waals surface area contributed by atoms with Gasteiger partial charge in [-0.3, -0.25) is 0 Å². The molecule has 0 unspecified atom stereocenters. The summed E-state index contributed by atoms with van der Waals surface area (Å²) < 4.78 is 11.0. The smallest absolute Gasteiger partial charge is 0.176 e. The second-order valence-electron chi connectivity index (χ2n) is 3.13. The maximum atomic E-state index is 5.54. The van der Waals surface area contributed by atoms with Crippen molar-refractivity contribution >= 4 is 11.0 Å². The van der Waals surface area contributed by atoms with Crippen molar-refractivity contribution in [1.29, 1.82) is 0 Å².